The molecular formula is C28H30BrNO3S. The third-order valence-electron chi connectivity index (χ3n) is 5.72. The minimum Gasteiger partial charge on any atom is -0.494 e. The number of hydrogen-bond donors (Lipinski definition) is 0. The van der Waals surface area contributed by atoms with Crippen molar-refractivity contribution in [3.63, 3.8) is 0 Å². The van der Waals surface area contributed by atoms with Crippen LogP contribution in [-0.2, 0) is 6.42 Å². The highest BCUT2D eigenvalue weighted by Crippen LogP contribution is 2.35. The molecule has 0 saturated heterocycles. The summed E-state index contributed by atoms with van der Waals surface area (Å²) >= 11 is 9.55. The molecule has 4 rings (SSSR count). The Morgan fingerprint density at radius 1 is 1.00 bits per heavy atom. The normalized spacial score (nSPS) is 15.1. The Kier molecular flexibility index (Phi) is 8.11. The Balaban J connectivity index is 1.61. The van der Waals surface area contributed by atoms with E-state index in [1.807, 2.05) is 63.2 Å². The molecule has 34 heavy (non-hydrogen) atoms. The molecule has 1 atom stereocenters. The van der Waals surface area contributed by atoms with E-state index < -0.39 is 0 Å². The van der Waals surface area contributed by atoms with Gasteiger partial charge in [-0.25, -0.2) is 0 Å². The molecule has 178 valence electrons. The Morgan fingerprint density at radius 2 is 1.71 bits per heavy atom. The van der Waals surface area contributed by atoms with E-state index in [2.05, 4.69) is 45.1 Å². The zero-order valence-electron chi connectivity index (χ0n) is 19.8. The molecule has 0 spiro atoms. The van der Waals surface area contributed by atoms with E-state index in [-0.39, 0.29) is 12.1 Å². The summed E-state index contributed by atoms with van der Waals surface area (Å²) in [5.41, 5.74) is 3.54. The average molecular weight is 541 g/mol. The second-order valence-corrected chi connectivity index (χ2v) is 9.82. The summed E-state index contributed by atoms with van der Waals surface area (Å²) in [6.07, 6.45) is 1.04. The molecule has 0 N–H and O–H groups in total. The van der Waals surface area contributed by atoms with Gasteiger partial charge in [0.2, 0.25) is 0 Å². The van der Waals surface area contributed by atoms with Gasteiger partial charge < -0.3 is 19.1 Å². The Labute approximate surface area is 216 Å². The maximum Gasteiger partial charge on any atom is 0.119 e. The number of halogens is 1. The van der Waals surface area contributed by atoms with Crippen molar-refractivity contribution in [2.75, 3.05) is 19.8 Å². The fourth-order valence-corrected chi connectivity index (χ4v) is 4.96. The molecule has 3 aromatic rings. The van der Waals surface area contributed by atoms with Crippen molar-refractivity contribution < 1.29 is 14.2 Å². The van der Waals surface area contributed by atoms with Crippen LogP contribution in [0.4, 0.5) is 0 Å². The molecule has 1 heterocycles. The highest BCUT2D eigenvalue weighted by atomic mass is 79.9. The molecular weight excluding hydrogens is 510 g/mol. The minimum atomic E-state index is -0.00472. The Hall–Kier alpha value is -2.57. The van der Waals surface area contributed by atoms with Gasteiger partial charge in [0.1, 0.15) is 28.8 Å². The number of fused-ring (bicyclic) bond motifs is 1. The Bertz CT molecular complexity index is 1130. The summed E-state index contributed by atoms with van der Waals surface area (Å²) in [6.45, 7) is 8.02. The third-order valence-corrected chi connectivity index (χ3v) is 6.68. The summed E-state index contributed by atoms with van der Waals surface area (Å²) in [6, 6.07) is 22.3. The van der Waals surface area contributed by atoms with Crippen molar-refractivity contribution in [2.45, 2.75) is 39.3 Å². The first kappa shape index (κ1) is 24.6. The molecule has 0 saturated carbocycles. The number of hydrogen-bond acceptors (Lipinski definition) is 4. The van der Waals surface area contributed by atoms with E-state index in [1.165, 1.54) is 11.1 Å². The maximum atomic E-state index is 6.27. The highest BCUT2D eigenvalue weighted by Gasteiger charge is 2.30. The van der Waals surface area contributed by atoms with Crippen LogP contribution in [0, 0.1) is 0 Å². The summed E-state index contributed by atoms with van der Waals surface area (Å²) in [7, 11) is 0. The van der Waals surface area contributed by atoms with Crippen LogP contribution in [0.2, 0.25) is 0 Å². The van der Waals surface area contributed by atoms with E-state index in [1.54, 1.807) is 0 Å². The smallest absolute Gasteiger partial charge is 0.119 e. The van der Waals surface area contributed by atoms with Crippen LogP contribution in [0.3, 0.4) is 0 Å². The zero-order valence-corrected chi connectivity index (χ0v) is 22.2. The SMILES string of the molecule is CCOc1ccc(OCC2c3ccc(OC(C)C)cc3CCN2C(=S)c2cccc(Br)c2)cc1. The predicted octanol–water partition coefficient (Wildman–Crippen LogP) is 6.99. The number of benzene rings is 3. The van der Waals surface area contributed by atoms with Crippen LogP contribution in [-0.4, -0.2) is 35.8 Å². The molecule has 1 aliphatic heterocycles. The van der Waals surface area contributed by atoms with Crippen LogP contribution in [0.15, 0.2) is 71.2 Å². The average Bonchev–Trinajstić information content (AvgIpc) is 2.82. The lowest BCUT2D eigenvalue weighted by Gasteiger charge is -2.39. The van der Waals surface area contributed by atoms with Crippen molar-refractivity contribution in [2.24, 2.45) is 0 Å². The lowest BCUT2D eigenvalue weighted by molar-refractivity contribution is 0.190. The van der Waals surface area contributed by atoms with Gasteiger partial charge in [0.25, 0.3) is 0 Å². The lowest BCUT2D eigenvalue weighted by Crippen LogP contribution is -2.42. The van der Waals surface area contributed by atoms with Gasteiger partial charge in [-0.2, -0.15) is 0 Å². The van der Waals surface area contributed by atoms with Crippen LogP contribution < -0.4 is 14.2 Å². The Morgan fingerprint density at radius 3 is 2.38 bits per heavy atom. The van der Waals surface area contributed by atoms with E-state index >= 15 is 0 Å². The van der Waals surface area contributed by atoms with Crippen molar-refractivity contribution in [1.82, 2.24) is 4.90 Å². The van der Waals surface area contributed by atoms with E-state index in [0.717, 1.165) is 45.2 Å². The maximum absolute atomic E-state index is 6.27. The molecule has 6 heteroatoms. The molecule has 0 amide bonds. The fourth-order valence-electron chi connectivity index (χ4n) is 4.22. The van der Waals surface area contributed by atoms with Gasteiger partial charge in [0.15, 0.2) is 0 Å². The molecule has 1 unspecified atom stereocenters. The monoisotopic (exact) mass is 539 g/mol. The quantitative estimate of drug-likeness (QED) is 0.288. The highest BCUT2D eigenvalue weighted by molar-refractivity contribution is 9.10. The van der Waals surface area contributed by atoms with Crippen LogP contribution >= 0.6 is 28.1 Å². The molecule has 1 aliphatic rings. The van der Waals surface area contributed by atoms with Gasteiger partial charge in [-0.15, -0.1) is 0 Å². The number of ether oxygens (including phenoxy) is 3. The van der Waals surface area contributed by atoms with Crippen molar-refractivity contribution in [3.8, 4) is 17.2 Å². The van der Waals surface area contributed by atoms with Gasteiger partial charge in [-0.3, -0.25) is 0 Å². The number of rotatable bonds is 8. The topological polar surface area (TPSA) is 30.9 Å². The molecule has 3 aromatic carbocycles. The summed E-state index contributed by atoms with van der Waals surface area (Å²) < 4.78 is 18.8. The second kappa shape index (κ2) is 11.2. The largest absolute Gasteiger partial charge is 0.494 e. The van der Waals surface area contributed by atoms with E-state index in [4.69, 9.17) is 26.4 Å². The summed E-state index contributed by atoms with van der Waals surface area (Å²) in [4.78, 5) is 3.12. The van der Waals surface area contributed by atoms with Crippen LogP contribution in [0.25, 0.3) is 0 Å². The molecule has 4 nitrogen and oxygen atoms in total. The second-order valence-electron chi connectivity index (χ2n) is 8.52. The summed E-state index contributed by atoms with van der Waals surface area (Å²) in [5.74, 6) is 2.56. The zero-order chi connectivity index (χ0) is 24.1. The van der Waals surface area contributed by atoms with E-state index in [0.29, 0.717) is 13.2 Å². The molecule has 0 aromatic heterocycles. The van der Waals surface area contributed by atoms with Crippen molar-refractivity contribution in [3.05, 3.63) is 87.9 Å². The first-order chi connectivity index (χ1) is 16.4. The predicted molar refractivity (Wildman–Crippen MR) is 144 cm³/mol. The van der Waals surface area contributed by atoms with Gasteiger partial charge in [-0.05, 0) is 86.8 Å². The molecule has 0 radical (unpaired) electrons. The van der Waals surface area contributed by atoms with Crippen LogP contribution in [0.5, 0.6) is 17.2 Å². The number of nitrogens with zero attached hydrogens (tertiary/aromatic N) is 1. The molecule has 0 bridgehead atoms. The van der Waals surface area contributed by atoms with Gasteiger partial charge in [-0.1, -0.05) is 46.3 Å². The van der Waals surface area contributed by atoms with Gasteiger partial charge >= 0.3 is 0 Å². The van der Waals surface area contributed by atoms with Crippen LogP contribution in [0.1, 0.15) is 43.5 Å². The van der Waals surface area contributed by atoms with Crippen molar-refractivity contribution in [1.29, 1.82) is 0 Å². The molecule has 0 fully saturated rings. The fraction of sp³-hybridized carbons (Fsp3) is 0.321. The first-order valence-electron chi connectivity index (χ1n) is 11.7. The van der Waals surface area contributed by atoms with Gasteiger partial charge in [0.05, 0.1) is 18.8 Å². The number of thiocarbonyl (C=S) groups is 1. The minimum absolute atomic E-state index is 0.00472. The molecule has 0 aliphatic carbocycles. The summed E-state index contributed by atoms with van der Waals surface area (Å²) in [5, 5.41) is 0. The standard InChI is InChI=1S/C28H30BrNO3S/c1-4-31-23-8-10-24(11-9-23)32-18-27-26-13-12-25(33-19(2)3)17-20(26)14-15-30(27)28(34)21-6-5-7-22(29)16-21/h5-13,16-17,19,27H,4,14-15,18H2,1-3H3. The lowest BCUT2D eigenvalue weighted by atomic mass is 9.92. The van der Waals surface area contributed by atoms with Gasteiger partial charge in [0, 0.05) is 16.6 Å². The third kappa shape index (κ3) is 5.91. The van der Waals surface area contributed by atoms with E-state index in [9.17, 15) is 0 Å². The van der Waals surface area contributed by atoms with Crippen molar-refractivity contribution >= 4 is 33.1 Å². The first-order valence-corrected chi connectivity index (χ1v) is 12.9.